The summed E-state index contributed by atoms with van der Waals surface area (Å²) in [5.74, 6) is 0. The molecular formula is C6H8F3NOS. The van der Waals surface area contributed by atoms with E-state index in [0.29, 0.717) is 0 Å². The fraction of sp³-hybridized carbons (Fsp3) is 0.833. The van der Waals surface area contributed by atoms with Gasteiger partial charge in [-0.05, 0) is 6.92 Å². The predicted octanol–water partition coefficient (Wildman–Crippen LogP) is 1.47. The highest BCUT2D eigenvalue weighted by atomic mass is 32.2. The molecule has 2 nitrogen and oxygen atoms in total. The highest BCUT2D eigenvalue weighted by Crippen LogP contribution is 2.28. The van der Waals surface area contributed by atoms with Crippen molar-refractivity contribution in [3.05, 3.63) is 0 Å². The lowest BCUT2D eigenvalue weighted by molar-refractivity contribution is -0.146. The molecule has 1 fully saturated rings. The van der Waals surface area contributed by atoms with Gasteiger partial charge in [0.1, 0.15) is 0 Å². The summed E-state index contributed by atoms with van der Waals surface area (Å²) in [5, 5.41) is -0.536. The molecular weight excluding hydrogens is 191 g/mol. The fourth-order valence-electron chi connectivity index (χ4n) is 1.01. The van der Waals surface area contributed by atoms with Crippen molar-refractivity contribution in [1.29, 1.82) is 0 Å². The minimum atomic E-state index is -4.21. The first kappa shape index (κ1) is 9.85. The Balaban J connectivity index is 2.48. The monoisotopic (exact) mass is 199 g/mol. The third kappa shape index (κ3) is 2.67. The Hall–Kier alpha value is -0.230. The maximum absolute atomic E-state index is 11.8. The number of carbonyl (C=O) groups is 1. The number of hydrogen-bond acceptors (Lipinski definition) is 3. The van der Waals surface area contributed by atoms with E-state index in [-0.39, 0.29) is 17.0 Å². The number of thioether (sulfide) groups is 1. The van der Waals surface area contributed by atoms with Gasteiger partial charge >= 0.3 is 6.18 Å². The molecule has 0 aromatic rings. The molecule has 0 amide bonds. The van der Waals surface area contributed by atoms with Gasteiger partial charge in [0, 0.05) is 0 Å². The number of rotatable bonds is 1. The Bertz CT molecular complexity index is 194. The first-order chi connectivity index (χ1) is 5.38. The molecule has 0 aromatic carbocycles. The molecule has 0 radical (unpaired) electrons. The van der Waals surface area contributed by atoms with Crippen molar-refractivity contribution < 1.29 is 18.0 Å². The van der Waals surface area contributed by atoms with Crippen LogP contribution in [-0.4, -0.2) is 34.7 Å². The summed E-state index contributed by atoms with van der Waals surface area (Å²) in [6.45, 7) is 0.513. The summed E-state index contributed by atoms with van der Waals surface area (Å²) in [6, 6.07) is 0. The third-order valence-corrected chi connectivity index (χ3v) is 2.56. The molecule has 1 atom stereocenters. The molecule has 70 valence electrons. The van der Waals surface area contributed by atoms with E-state index in [1.807, 2.05) is 0 Å². The minimum Gasteiger partial charge on any atom is -0.286 e. The van der Waals surface area contributed by atoms with Crippen LogP contribution in [0.2, 0.25) is 0 Å². The molecule has 12 heavy (non-hydrogen) atoms. The Morgan fingerprint density at radius 3 is 2.58 bits per heavy atom. The zero-order valence-corrected chi connectivity index (χ0v) is 7.21. The number of carbonyl (C=O) groups excluding carboxylic acids is 1. The molecule has 1 aliphatic heterocycles. The van der Waals surface area contributed by atoms with Crippen molar-refractivity contribution >= 4 is 16.9 Å². The first-order valence-electron chi connectivity index (χ1n) is 3.39. The van der Waals surface area contributed by atoms with E-state index >= 15 is 0 Å². The van der Waals surface area contributed by atoms with Crippen molar-refractivity contribution in [3.63, 3.8) is 0 Å². The van der Waals surface area contributed by atoms with Crippen LogP contribution in [0.4, 0.5) is 13.2 Å². The van der Waals surface area contributed by atoms with Gasteiger partial charge in [0.25, 0.3) is 0 Å². The zero-order chi connectivity index (χ0) is 9.35. The van der Waals surface area contributed by atoms with E-state index in [1.54, 1.807) is 6.92 Å². The normalized spacial score (nSPS) is 26.7. The molecule has 6 heteroatoms. The lowest BCUT2D eigenvalue weighted by atomic mass is 10.4. The number of nitrogens with zero attached hydrogens (tertiary/aromatic N) is 1. The topological polar surface area (TPSA) is 20.3 Å². The number of halogens is 3. The average Bonchev–Trinajstić information content (AvgIpc) is 2.06. The molecule has 0 saturated carbocycles. The Morgan fingerprint density at radius 2 is 2.25 bits per heavy atom. The largest absolute Gasteiger partial charge is 0.401 e. The second-order valence-corrected chi connectivity index (χ2v) is 3.98. The zero-order valence-electron chi connectivity index (χ0n) is 6.39. The van der Waals surface area contributed by atoms with E-state index in [0.717, 1.165) is 16.7 Å². The molecule has 0 aromatic heterocycles. The molecule has 0 bridgehead atoms. The lowest BCUT2D eigenvalue weighted by Crippen LogP contribution is -2.36. The van der Waals surface area contributed by atoms with Crippen molar-refractivity contribution in [1.82, 2.24) is 4.90 Å². The van der Waals surface area contributed by atoms with E-state index in [4.69, 9.17) is 0 Å². The van der Waals surface area contributed by atoms with E-state index in [9.17, 15) is 18.0 Å². The van der Waals surface area contributed by atoms with Gasteiger partial charge in [-0.15, -0.1) is 0 Å². The highest BCUT2D eigenvalue weighted by Gasteiger charge is 2.37. The first-order valence-corrected chi connectivity index (χ1v) is 4.27. The molecule has 1 saturated heterocycles. The Labute approximate surface area is 72.1 Å². The van der Waals surface area contributed by atoms with Gasteiger partial charge in [-0.3, -0.25) is 9.69 Å². The van der Waals surface area contributed by atoms with E-state index in [1.165, 1.54) is 0 Å². The summed E-state index contributed by atoms with van der Waals surface area (Å²) in [4.78, 5) is 11.8. The summed E-state index contributed by atoms with van der Waals surface area (Å²) in [5.41, 5.74) is 0. The van der Waals surface area contributed by atoms with Gasteiger partial charge in [-0.1, -0.05) is 11.8 Å². The quantitative estimate of drug-likeness (QED) is 0.637. The maximum Gasteiger partial charge on any atom is 0.401 e. The average molecular weight is 199 g/mol. The maximum atomic E-state index is 11.8. The molecule has 1 rings (SSSR count). The molecule has 0 N–H and O–H groups in total. The van der Waals surface area contributed by atoms with Crippen LogP contribution < -0.4 is 0 Å². The number of alkyl halides is 3. The van der Waals surface area contributed by atoms with Crippen LogP contribution in [0.3, 0.4) is 0 Å². The van der Waals surface area contributed by atoms with Crippen LogP contribution in [0.25, 0.3) is 0 Å². The van der Waals surface area contributed by atoms with Gasteiger partial charge in [0.15, 0.2) is 0 Å². The van der Waals surface area contributed by atoms with Crippen LogP contribution >= 0.6 is 11.8 Å². The fourth-order valence-corrected chi connectivity index (χ4v) is 1.93. The molecule has 1 heterocycles. The van der Waals surface area contributed by atoms with Crippen LogP contribution in [0.15, 0.2) is 0 Å². The molecule has 0 unspecified atom stereocenters. The summed E-state index contributed by atoms with van der Waals surface area (Å²) < 4.78 is 35.5. The highest BCUT2D eigenvalue weighted by molar-refractivity contribution is 8.14. The minimum absolute atomic E-state index is 0.0919. The van der Waals surface area contributed by atoms with E-state index < -0.39 is 12.7 Å². The summed E-state index contributed by atoms with van der Waals surface area (Å²) in [7, 11) is 0. The van der Waals surface area contributed by atoms with Gasteiger partial charge in [-0.2, -0.15) is 13.2 Å². The second kappa shape index (κ2) is 3.26. The third-order valence-electron chi connectivity index (χ3n) is 1.53. The van der Waals surface area contributed by atoms with E-state index in [2.05, 4.69) is 0 Å². The van der Waals surface area contributed by atoms with Gasteiger partial charge < -0.3 is 0 Å². The smallest absolute Gasteiger partial charge is 0.286 e. The van der Waals surface area contributed by atoms with Crippen molar-refractivity contribution in [3.8, 4) is 0 Å². The van der Waals surface area contributed by atoms with Crippen LogP contribution in [0.5, 0.6) is 0 Å². The molecule has 0 aliphatic carbocycles. The van der Waals surface area contributed by atoms with Crippen molar-refractivity contribution in [2.24, 2.45) is 0 Å². The van der Waals surface area contributed by atoms with Crippen LogP contribution in [0.1, 0.15) is 6.92 Å². The number of hydrogen-bond donors (Lipinski definition) is 0. The second-order valence-electron chi connectivity index (χ2n) is 2.61. The Kier molecular flexibility index (Phi) is 2.67. The summed E-state index contributed by atoms with van der Waals surface area (Å²) in [6.07, 6.45) is -4.21. The van der Waals surface area contributed by atoms with Crippen LogP contribution in [-0.2, 0) is 4.79 Å². The SMILES string of the molecule is C[C@@H]1SC(=O)CN1CC(F)(F)F. The van der Waals surface area contributed by atoms with Crippen LogP contribution in [0, 0.1) is 0 Å². The van der Waals surface area contributed by atoms with Gasteiger partial charge in [0.2, 0.25) is 5.12 Å². The Morgan fingerprint density at radius 1 is 1.67 bits per heavy atom. The van der Waals surface area contributed by atoms with Gasteiger partial charge in [-0.25, -0.2) is 0 Å². The molecule has 1 aliphatic rings. The van der Waals surface area contributed by atoms with Crippen molar-refractivity contribution in [2.45, 2.75) is 18.5 Å². The van der Waals surface area contributed by atoms with Crippen molar-refractivity contribution in [2.75, 3.05) is 13.1 Å². The standard InChI is InChI=1S/C6H8F3NOS/c1-4-10(2-5(11)12-4)3-6(7,8)9/h4H,2-3H2,1H3/t4-/m0/s1. The summed E-state index contributed by atoms with van der Waals surface area (Å²) >= 11 is 0.956. The predicted molar refractivity (Wildman–Crippen MR) is 39.7 cm³/mol. The van der Waals surface area contributed by atoms with Gasteiger partial charge in [0.05, 0.1) is 18.5 Å². The molecule has 0 spiro atoms. The lowest BCUT2D eigenvalue weighted by Gasteiger charge is -2.19.